The lowest BCUT2D eigenvalue weighted by atomic mass is 10.2. The van der Waals surface area contributed by atoms with E-state index in [1.807, 2.05) is 0 Å². The Kier molecular flexibility index (Phi) is 3.99. The smallest absolute Gasteiger partial charge is 0.339 e. The van der Waals surface area contributed by atoms with Crippen LogP contribution in [-0.2, 0) is 6.54 Å². The molecule has 1 aromatic heterocycles. The second-order valence-corrected chi connectivity index (χ2v) is 3.95. The van der Waals surface area contributed by atoms with E-state index < -0.39 is 17.2 Å². The van der Waals surface area contributed by atoms with Crippen molar-refractivity contribution < 1.29 is 14.6 Å². The maximum atomic E-state index is 11.4. The summed E-state index contributed by atoms with van der Waals surface area (Å²) < 4.78 is 6.62. The summed E-state index contributed by atoms with van der Waals surface area (Å²) in [7, 11) is 0. The number of H-pyrrole nitrogens is 1. The summed E-state index contributed by atoms with van der Waals surface area (Å²) in [5.74, 6) is -0.848. The number of nitrogens with one attached hydrogen (secondary N) is 1. The van der Waals surface area contributed by atoms with E-state index in [2.05, 4.69) is 4.98 Å². The maximum absolute atomic E-state index is 11.4. The fourth-order valence-corrected chi connectivity index (χ4v) is 1.64. The Balaban J connectivity index is 2.05. The molecule has 0 aliphatic carbocycles. The number of carboxylic acids is 1. The molecule has 20 heavy (non-hydrogen) atoms. The van der Waals surface area contributed by atoms with Crippen molar-refractivity contribution in [1.29, 1.82) is 0 Å². The van der Waals surface area contributed by atoms with Crippen molar-refractivity contribution in [3.63, 3.8) is 0 Å². The van der Waals surface area contributed by atoms with Gasteiger partial charge in [-0.05, 0) is 12.1 Å². The second-order valence-electron chi connectivity index (χ2n) is 3.95. The molecule has 0 spiro atoms. The minimum Gasteiger partial charge on any atom is -0.491 e. The molecule has 0 fully saturated rings. The second kappa shape index (κ2) is 5.87. The molecule has 7 heteroatoms. The number of aromatic amines is 1. The van der Waals surface area contributed by atoms with Crippen LogP contribution in [0.3, 0.4) is 0 Å². The van der Waals surface area contributed by atoms with E-state index in [4.69, 9.17) is 9.84 Å². The fourth-order valence-electron chi connectivity index (χ4n) is 1.64. The van der Waals surface area contributed by atoms with Gasteiger partial charge in [0.25, 0.3) is 5.56 Å². The van der Waals surface area contributed by atoms with Crippen LogP contribution in [-0.4, -0.2) is 27.2 Å². The Bertz CT molecular complexity index is 732. The fraction of sp³-hybridized carbons (Fsp3) is 0.154. The molecule has 0 atom stereocenters. The van der Waals surface area contributed by atoms with Crippen LogP contribution in [0.5, 0.6) is 5.75 Å². The highest BCUT2D eigenvalue weighted by Crippen LogP contribution is 2.17. The number of aromatic carboxylic acids is 1. The normalized spacial score (nSPS) is 10.2. The molecule has 1 heterocycles. The SMILES string of the molecule is O=C(O)c1ccccc1OCCn1ccc(=O)[nH]c1=O. The number of ether oxygens (including phenoxy) is 1. The molecule has 2 N–H and O–H groups in total. The molecular weight excluding hydrogens is 264 g/mol. The van der Waals surface area contributed by atoms with Crippen LogP contribution in [0.15, 0.2) is 46.1 Å². The van der Waals surface area contributed by atoms with E-state index in [0.29, 0.717) is 0 Å². The maximum Gasteiger partial charge on any atom is 0.339 e. The monoisotopic (exact) mass is 276 g/mol. The number of hydrogen-bond donors (Lipinski definition) is 2. The van der Waals surface area contributed by atoms with Crippen LogP contribution in [0.2, 0.25) is 0 Å². The summed E-state index contributed by atoms with van der Waals surface area (Å²) in [6, 6.07) is 7.46. The van der Waals surface area contributed by atoms with Gasteiger partial charge < -0.3 is 9.84 Å². The van der Waals surface area contributed by atoms with E-state index in [1.165, 1.54) is 22.9 Å². The van der Waals surface area contributed by atoms with Gasteiger partial charge in [-0.3, -0.25) is 14.3 Å². The van der Waals surface area contributed by atoms with Crippen molar-refractivity contribution in [1.82, 2.24) is 9.55 Å². The van der Waals surface area contributed by atoms with Gasteiger partial charge >= 0.3 is 11.7 Å². The summed E-state index contributed by atoms with van der Waals surface area (Å²) in [5.41, 5.74) is -0.947. The molecular formula is C13H12N2O5. The van der Waals surface area contributed by atoms with E-state index in [-0.39, 0.29) is 24.5 Å². The molecule has 0 saturated heterocycles. The van der Waals surface area contributed by atoms with Gasteiger partial charge in [0, 0.05) is 12.3 Å². The predicted octanol–water partition coefficient (Wildman–Crippen LogP) is 0.314. The Morgan fingerprint density at radius 1 is 1.25 bits per heavy atom. The summed E-state index contributed by atoms with van der Waals surface area (Å²) in [6.07, 6.45) is 1.35. The summed E-state index contributed by atoms with van der Waals surface area (Å²) in [6.45, 7) is 0.305. The predicted molar refractivity (Wildman–Crippen MR) is 70.2 cm³/mol. The van der Waals surface area contributed by atoms with Crippen LogP contribution < -0.4 is 16.0 Å². The van der Waals surface area contributed by atoms with E-state index >= 15 is 0 Å². The number of nitrogens with zero attached hydrogens (tertiary/aromatic N) is 1. The zero-order valence-electron chi connectivity index (χ0n) is 10.4. The van der Waals surface area contributed by atoms with Gasteiger partial charge in [0.1, 0.15) is 17.9 Å². The number of rotatable bonds is 5. The third-order valence-corrected chi connectivity index (χ3v) is 2.60. The van der Waals surface area contributed by atoms with Crippen LogP contribution in [0, 0.1) is 0 Å². The van der Waals surface area contributed by atoms with Gasteiger partial charge in [0.05, 0.1) is 6.54 Å². The van der Waals surface area contributed by atoms with Crippen LogP contribution in [0.1, 0.15) is 10.4 Å². The van der Waals surface area contributed by atoms with Crippen molar-refractivity contribution >= 4 is 5.97 Å². The average molecular weight is 276 g/mol. The topological polar surface area (TPSA) is 101 Å². The molecule has 7 nitrogen and oxygen atoms in total. The van der Waals surface area contributed by atoms with Gasteiger partial charge in [-0.15, -0.1) is 0 Å². The number of carboxylic acid groups (broad SMARTS) is 1. The molecule has 1 aromatic carbocycles. The average Bonchev–Trinajstić information content (AvgIpc) is 2.41. The Labute approximate surface area is 113 Å². The van der Waals surface area contributed by atoms with E-state index in [1.54, 1.807) is 18.2 Å². The first-order valence-corrected chi connectivity index (χ1v) is 5.83. The lowest BCUT2D eigenvalue weighted by Gasteiger charge is -2.09. The van der Waals surface area contributed by atoms with Crippen molar-refractivity contribution in [2.24, 2.45) is 0 Å². The molecule has 0 amide bonds. The first-order chi connectivity index (χ1) is 9.58. The highest BCUT2D eigenvalue weighted by atomic mass is 16.5. The zero-order chi connectivity index (χ0) is 14.5. The molecule has 0 unspecified atom stereocenters. The van der Waals surface area contributed by atoms with Gasteiger partial charge in [-0.2, -0.15) is 0 Å². The number of carbonyl (C=O) groups is 1. The molecule has 0 saturated carbocycles. The quantitative estimate of drug-likeness (QED) is 0.818. The molecule has 104 valence electrons. The van der Waals surface area contributed by atoms with Crippen LogP contribution in [0.4, 0.5) is 0 Å². The van der Waals surface area contributed by atoms with E-state index in [0.717, 1.165) is 0 Å². The van der Waals surface area contributed by atoms with Gasteiger partial charge in [-0.25, -0.2) is 9.59 Å². The van der Waals surface area contributed by atoms with Crippen molar-refractivity contribution in [3.8, 4) is 5.75 Å². The third-order valence-electron chi connectivity index (χ3n) is 2.60. The highest BCUT2D eigenvalue weighted by Gasteiger charge is 2.09. The minimum atomic E-state index is -1.08. The standard InChI is InChI=1S/C13H12N2O5/c16-11-5-6-15(13(19)14-11)7-8-20-10-4-2-1-3-9(10)12(17)18/h1-6H,7-8H2,(H,17,18)(H,14,16,19). The lowest BCUT2D eigenvalue weighted by Crippen LogP contribution is -2.30. The van der Waals surface area contributed by atoms with Crippen molar-refractivity contribution in [2.75, 3.05) is 6.61 Å². The first kappa shape index (κ1) is 13.6. The third kappa shape index (κ3) is 3.14. The molecule has 0 aliphatic rings. The molecule has 2 rings (SSSR count). The summed E-state index contributed by atoms with van der Waals surface area (Å²) in [4.78, 5) is 35.4. The van der Waals surface area contributed by atoms with Gasteiger partial charge in [0.15, 0.2) is 0 Å². The number of benzene rings is 1. The summed E-state index contributed by atoms with van der Waals surface area (Å²) >= 11 is 0. The lowest BCUT2D eigenvalue weighted by molar-refractivity contribution is 0.0692. The number of aromatic nitrogens is 2. The van der Waals surface area contributed by atoms with E-state index in [9.17, 15) is 14.4 Å². The minimum absolute atomic E-state index is 0.0568. The van der Waals surface area contributed by atoms with Crippen molar-refractivity contribution in [3.05, 3.63) is 62.9 Å². The Hall–Kier alpha value is -2.83. The van der Waals surface area contributed by atoms with Crippen LogP contribution in [0.25, 0.3) is 0 Å². The molecule has 0 aliphatic heterocycles. The highest BCUT2D eigenvalue weighted by molar-refractivity contribution is 5.90. The number of para-hydroxylation sites is 1. The molecule has 0 radical (unpaired) electrons. The Morgan fingerprint density at radius 2 is 2.00 bits per heavy atom. The number of hydrogen-bond acceptors (Lipinski definition) is 4. The molecule has 0 bridgehead atoms. The zero-order valence-corrected chi connectivity index (χ0v) is 10.4. The first-order valence-electron chi connectivity index (χ1n) is 5.83. The largest absolute Gasteiger partial charge is 0.491 e. The van der Waals surface area contributed by atoms with Crippen molar-refractivity contribution in [2.45, 2.75) is 6.54 Å². The van der Waals surface area contributed by atoms with Gasteiger partial charge in [-0.1, -0.05) is 12.1 Å². The Morgan fingerprint density at radius 3 is 2.70 bits per heavy atom. The summed E-state index contributed by atoms with van der Waals surface area (Å²) in [5, 5.41) is 8.98. The van der Waals surface area contributed by atoms with Gasteiger partial charge in [0.2, 0.25) is 0 Å². The van der Waals surface area contributed by atoms with Crippen LogP contribution >= 0.6 is 0 Å². The molecule has 2 aromatic rings.